The lowest BCUT2D eigenvalue weighted by Crippen LogP contribution is -2.29. The lowest BCUT2D eigenvalue weighted by molar-refractivity contribution is -0.145. The Labute approximate surface area is 120 Å². The average Bonchev–Trinajstić information content (AvgIpc) is 2.67. The number of thiocarbonyl (C=S) groups is 1. The number of rotatable bonds is 4. The molecule has 1 aliphatic heterocycles. The van der Waals surface area contributed by atoms with E-state index >= 15 is 0 Å². The highest BCUT2D eigenvalue weighted by molar-refractivity contribution is 8.26. The summed E-state index contributed by atoms with van der Waals surface area (Å²) >= 11 is 6.19. The standard InChI is InChI=1S/C12H15NO4S2/c14-10(15)6-17-8-4-2-1-3-7(8)5-9-11(16)13-12(18)19-9/h5,7-8H,1-4,6H2,(H,14,15)(H,13,16,18)/b9-5-/t7-,8+/m1/s1. The van der Waals surface area contributed by atoms with Crippen LogP contribution in [0.5, 0.6) is 0 Å². The van der Waals surface area contributed by atoms with Gasteiger partial charge in [0, 0.05) is 5.92 Å². The Balaban J connectivity index is 2.03. The lowest BCUT2D eigenvalue weighted by Gasteiger charge is -2.29. The van der Waals surface area contributed by atoms with Crippen LogP contribution in [0.15, 0.2) is 11.0 Å². The molecule has 2 N–H and O–H groups in total. The molecule has 1 saturated carbocycles. The van der Waals surface area contributed by atoms with Crippen molar-refractivity contribution in [2.24, 2.45) is 5.92 Å². The molecule has 7 heteroatoms. The van der Waals surface area contributed by atoms with Crippen LogP contribution in [0.3, 0.4) is 0 Å². The first kappa shape index (κ1) is 14.5. The fraction of sp³-hybridized carbons (Fsp3) is 0.583. The molecular weight excluding hydrogens is 286 g/mol. The zero-order valence-electron chi connectivity index (χ0n) is 10.3. The number of thioether (sulfide) groups is 1. The summed E-state index contributed by atoms with van der Waals surface area (Å²) in [7, 11) is 0. The van der Waals surface area contributed by atoms with Crippen molar-refractivity contribution in [3.05, 3.63) is 11.0 Å². The van der Waals surface area contributed by atoms with Crippen LogP contribution in [-0.2, 0) is 14.3 Å². The normalized spacial score (nSPS) is 29.6. The van der Waals surface area contributed by atoms with Gasteiger partial charge in [-0.3, -0.25) is 4.79 Å². The Morgan fingerprint density at radius 3 is 2.89 bits per heavy atom. The predicted octanol–water partition coefficient (Wildman–Crippen LogP) is 1.68. The third-order valence-electron chi connectivity index (χ3n) is 3.18. The van der Waals surface area contributed by atoms with Gasteiger partial charge in [0.15, 0.2) is 0 Å². The number of nitrogens with one attached hydrogen (secondary N) is 1. The number of ether oxygens (including phenoxy) is 1. The third kappa shape index (κ3) is 4.02. The summed E-state index contributed by atoms with van der Waals surface area (Å²) in [5, 5.41) is 11.2. The summed E-state index contributed by atoms with van der Waals surface area (Å²) in [6.07, 6.45) is 5.59. The average molecular weight is 301 g/mol. The van der Waals surface area contributed by atoms with Gasteiger partial charge >= 0.3 is 5.97 Å². The van der Waals surface area contributed by atoms with Gasteiger partial charge in [0.2, 0.25) is 0 Å². The van der Waals surface area contributed by atoms with E-state index in [0.29, 0.717) is 9.23 Å². The van der Waals surface area contributed by atoms with Gasteiger partial charge < -0.3 is 15.2 Å². The minimum atomic E-state index is -0.967. The molecule has 104 valence electrons. The molecule has 19 heavy (non-hydrogen) atoms. The number of carboxylic acids is 1. The topological polar surface area (TPSA) is 75.6 Å². The summed E-state index contributed by atoms with van der Waals surface area (Å²) < 4.78 is 5.88. The summed E-state index contributed by atoms with van der Waals surface area (Å²) in [6.45, 7) is -0.290. The van der Waals surface area contributed by atoms with Crippen molar-refractivity contribution in [1.29, 1.82) is 0 Å². The van der Waals surface area contributed by atoms with Crippen LogP contribution in [0.1, 0.15) is 25.7 Å². The van der Waals surface area contributed by atoms with Crippen molar-refractivity contribution in [1.82, 2.24) is 5.32 Å². The van der Waals surface area contributed by atoms with Crippen LogP contribution in [0, 0.1) is 5.92 Å². The summed E-state index contributed by atoms with van der Waals surface area (Å²) in [4.78, 5) is 22.8. The first-order chi connectivity index (χ1) is 9.06. The van der Waals surface area contributed by atoms with Crippen LogP contribution in [0.25, 0.3) is 0 Å². The molecule has 0 spiro atoms. The fourth-order valence-electron chi connectivity index (χ4n) is 2.33. The third-order valence-corrected chi connectivity index (χ3v) is 4.36. The first-order valence-corrected chi connectivity index (χ1v) is 7.37. The van der Waals surface area contributed by atoms with Crippen LogP contribution in [0.2, 0.25) is 0 Å². The molecule has 0 aromatic rings. The number of carbonyl (C=O) groups excluding carboxylic acids is 1. The summed E-state index contributed by atoms with van der Waals surface area (Å²) in [5.41, 5.74) is 0. The molecule has 5 nitrogen and oxygen atoms in total. The molecule has 2 atom stereocenters. The van der Waals surface area contributed by atoms with Crippen molar-refractivity contribution in [2.45, 2.75) is 31.8 Å². The fourth-order valence-corrected chi connectivity index (χ4v) is 3.42. The van der Waals surface area contributed by atoms with Crippen LogP contribution >= 0.6 is 24.0 Å². The zero-order valence-corrected chi connectivity index (χ0v) is 11.9. The SMILES string of the molecule is O=C(O)CO[C@H]1CCCC[C@@H]1/C=C1\SC(=S)NC1=O. The molecule has 0 bridgehead atoms. The van der Waals surface area contributed by atoms with Crippen LogP contribution < -0.4 is 5.32 Å². The molecule has 1 saturated heterocycles. The highest BCUT2D eigenvalue weighted by atomic mass is 32.2. The molecule has 2 aliphatic rings. The van der Waals surface area contributed by atoms with E-state index in [1.54, 1.807) is 0 Å². The van der Waals surface area contributed by atoms with E-state index in [2.05, 4.69) is 5.32 Å². The first-order valence-electron chi connectivity index (χ1n) is 6.14. The molecule has 1 amide bonds. The van der Waals surface area contributed by atoms with Crippen LogP contribution in [0.4, 0.5) is 0 Å². The summed E-state index contributed by atoms with van der Waals surface area (Å²) in [6, 6.07) is 0. The number of amides is 1. The molecule has 2 fully saturated rings. The van der Waals surface area contributed by atoms with Crippen molar-refractivity contribution in [3.8, 4) is 0 Å². The molecule has 1 heterocycles. The molecule has 0 unspecified atom stereocenters. The number of carbonyl (C=O) groups is 2. The second kappa shape index (κ2) is 6.49. The van der Waals surface area contributed by atoms with Crippen molar-refractivity contribution < 1.29 is 19.4 Å². The van der Waals surface area contributed by atoms with Gasteiger partial charge in [-0.05, 0) is 12.8 Å². The van der Waals surface area contributed by atoms with E-state index in [1.807, 2.05) is 6.08 Å². The number of carboxylic acid groups (broad SMARTS) is 1. The maximum atomic E-state index is 11.6. The zero-order chi connectivity index (χ0) is 13.8. The van der Waals surface area contributed by atoms with Crippen molar-refractivity contribution in [2.75, 3.05) is 6.61 Å². The monoisotopic (exact) mass is 301 g/mol. The number of hydrogen-bond acceptors (Lipinski definition) is 5. The second-order valence-corrected chi connectivity index (χ2v) is 6.28. The Kier molecular flexibility index (Phi) is 4.95. The van der Waals surface area contributed by atoms with Gasteiger partial charge in [0.05, 0.1) is 11.0 Å². The highest BCUT2D eigenvalue weighted by Crippen LogP contribution is 2.32. The quantitative estimate of drug-likeness (QED) is 0.608. The van der Waals surface area contributed by atoms with Crippen molar-refractivity contribution in [3.63, 3.8) is 0 Å². The summed E-state index contributed by atoms with van der Waals surface area (Å²) in [5.74, 6) is -1.05. The molecule has 2 rings (SSSR count). The van der Waals surface area contributed by atoms with Gasteiger partial charge in [-0.25, -0.2) is 4.79 Å². The Morgan fingerprint density at radius 2 is 2.26 bits per heavy atom. The minimum Gasteiger partial charge on any atom is -0.480 e. The maximum Gasteiger partial charge on any atom is 0.329 e. The van der Waals surface area contributed by atoms with E-state index in [4.69, 9.17) is 22.1 Å². The molecule has 0 radical (unpaired) electrons. The Bertz CT molecular complexity index is 435. The van der Waals surface area contributed by atoms with Crippen molar-refractivity contribution >= 4 is 40.2 Å². The molecule has 0 aromatic carbocycles. The van der Waals surface area contributed by atoms with Gasteiger partial charge in [-0.1, -0.05) is 42.9 Å². The van der Waals surface area contributed by atoms with Gasteiger partial charge in [-0.2, -0.15) is 0 Å². The van der Waals surface area contributed by atoms with E-state index in [9.17, 15) is 9.59 Å². The largest absolute Gasteiger partial charge is 0.480 e. The Morgan fingerprint density at radius 1 is 1.53 bits per heavy atom. The smallest absolute Gasteiger partial charge is 0.329 e. The van der Waals surface area contributed by atoms with E-state index in [0.717, 1.165) is 25.7 Å². The number of hydrogen-bond donors (Lipinski definition) is 2. The van der Waals surface area contributed by atoms with Crippen LogP contribution in [-0.4, -0.2) is 34.0 Å². The molecule has 1 aliphatic carbocycles. The van der Waals surface area contributed by atoms with E-state index < -0.39 is 5.97 Å². The minimum absolute atomic E-state index is 0.0854. The van der Waals surface area contributed by atoms with E-state index in [-0.39, 0.29) is 24.5 Å². The maximum absolute atomic E-state index is 11.6. The van der Waals surface area contributed by atoms with Gasteiger partial charge in [-0.15, -0.1) is 0 Å². The van der Waals surface area contributed by atoms with E-state index in [1.165, 1.54) is 11.8 Å². The van der Waals surface area contributed by atoms with Gasteiger partial charge in [0.25, 0.3) is 5.91 Å². The second-order valence-electron chi connectivity index (χ2n) is 4.57. The predicted molar refractivity (Wildman–Crippen MR) is 75.7 cm³/mol. The Hall–Kier alpha value is -0.920. The lowest BCUT2D eigenvalue weighted by atomic mass is 9.86. The molecular formula is C12H15NO4S2. The van der Waals surface area contributed by atoms with Gasteiger partial charge in [0.1, 0.15) is 10.9 Å². The highest BCUT2D eigenvalue weighted by Gasteiger charge is 2.29. The number of aliphatic carboxylic acids is 1. The molecule has 0 aromatic heterocycles.